The van der Waals surface area contributed by atoms with Crippen molar-refractivity contribution in [3.05, 3.63) is 17.7 Å². The quantitative estimate of drug-likeness (QED) is 0.347. The number of unbranched alkanes of at least 4 members (excludes halogenated alkanes) is 1. The Balaban J connectivity index is 2.78. The van der Waals surface area contributed by atoms with Gasteiger partial charge in [0.1, 0.15) is 0 Å². The van der Waals surface area contributed by atoms with Gasteiger partial charge >= 0.3 is 0 Å². The number of benzene rings is 1. The molecular weight excluding hydrogens is 302 g/mol. The third kappa shape index (κ3) is 5.07. The first-order chi connectivity index (χ1) is 10.5. The molecule has 0 saturated heterocycles. The molecule has 0 atom stereocenters. The SMILES string of the molecule is CCCCNC(=S)N(C)/N=C/c1cc(OC)c(O)c(OC)c1. The van der Waals surface area contributed by atoms with Gasteiger partial charge in [0, 0.05) is 19.2 Å². The van der Waals surface area contributed by atoms with Gasteiger partial charge in [0.05, 0.1) is 20.4 Å². The minimum atomic E-state index is -0.0349. The van der Waals surface area contributed by atoms with Gasteiger partial charge in [0.2, 0.25) is 5.75 Å². The number of rotatable bonds is 7. The molecule has 7 heteroatoms. The molecule has 0 bridgehead atoms. The van der Waals surface area contributed by atoms with Gasteiger partial charge in [-0.3, -0.25) is 0 Å². The van der Waals surface area contributed by atoms with E-state index in [1.807, 2.05) is 0 Å². The predicted octanol–water partition coefficient (Wildman–Crippen LogP) is 2.35. The maximum atomic E-state index is 9.86. The van der Waals surface area contributed by atoms with E-state index in [2.05, 4.69) is 17.3 Å². The number of hydrogen-bond acceptors (Lipinski definition) is 5. The fraction of sp³-hybridized carbons (Fsp3) is 0.467. The van der Waals surface area contributed by atoms with Gasteiger partial charge in [-0.1, -0.05) is 13.3 Å². The summed E-state index contributed by atoms with van der Waals surface area (Å²) in [4.78, 5) is 0. The van der Waals surface area contributed by atoms with Crippen molar-refractivity contribution in [2.75, 3.05) is 27.8 Å². The highest BCUT2D eigenvalue weighted by Gasteiger charge is 2.10. The highest BCUT2D eigenvalue weighted by atomic mass is 32.1. The number of hydrazone groups is 1. The predicted molar refractivity (Wildman–Crippen MR) is 92.1 cm³/mol. The summed E-state index contributed by atoms with van der Waals surface area (Å²) in [5.41, 5.74) is 0.731. The number of aromatic hydroxyl groups is 1. The summed E-state index contributed by atoms with van der Waals surface area (Å²) in [7, 11) is 4.73. The standard InChI is InChI=1S/C15H23N3O3S/c1-5-6-7-16-15(22)18(2)17-10-11-8-12(20-3)14(19)13(9-11)21-4/h8-10,19H,5-7H2,1-4H3,(H,16,22)/b17-10+. The largest absolute Gasteiger partial charge is 0.502 e. The van der Waals surface area contributed by atoms with Gasteiger partial charge in [-0.25, -0.2) is 5.01 Å². The van der Waals surface area contributed by atoms with Crippen molar-refractivity contribution in [2.24, 2.45) is 5.10 Å². The highest BCUT2D eigenvalue weighted by Crippen LogP contribution is 2.36. The Bertz CT molecular complexity index is 510. The van der Waals surface area contributed by atoms with Gasteiger partial charge in [0.15, 0.2) is 16.6 Å². The van der Waals surface area contributed by atoms with E-state index in [1.54, 1.807) is 30.4 Å². The van der Waals surface area contributed by atoms with Crippen LogP contribution < -0.4 is 14.8 Å². The maximum Gasteiger partial charge on any atom is 0.200 e. The molecule has 0 unspecified atom stereocenters. The van der Waals surface area contributed by atoms with Crippen LogP contribution in [0.3, 0.4) is 0 Å². The first kappa shape index (κ1) is 18.0. The van der Waals surface area contributed by atoms with Crippen molar-refractivity contribution >= 4 is 23.5 Å². The zero-order valence-corrected chi connectivity index (χ0v) is 14.2. The Hall–Kier alpha value is -2.02. The number of thiocarbonyl (C=S) groups is 1. The van der Waals surface area contributed by atoms with Crippen LogP contribution in [0.2, 0.25) is 0 Å². The van der Waals surface area contributed by atoms with Crippen LogP contribution in [0, 0.1) is 0 Å². The second-order valence-corrected chi connectivity index (χ2v) is 5.01. The third-order valence-electron chi connectivity index (χ3n) is 2.98. The van der Waals surface area contributed by atoms with Gasteiger partial charge in [-0.2, -0.15) is 5.10 Å². The van der Waals surface area contributed by atoms with E-state index in [9.17, 15) is 5.11 Å². The fourth-order valence-corrected chi connectivity index (χ4v) is 1.83. The molecule has 0 spiro atoms. The molecule has 2 N–H and O–H groups in total. The molecule has 0 aromatic heterocycles. The summed E-state index contributed by atoms with van der Waals surface area (Å²) in [6.45, 7) is 2.95. The second-order valence-electron chi connectivity index (χ2n) is 4.63. The van der Waals surface area contributed by atoms with E-state index in [0.717, 1.165) is 24.9 Å². The second kappa shape index (κ2) is 9.09. The average Bonchev–Trinajstić information content (AvgIpc) is 2.53. The number of nitrogens with zero attached hydrogens (tertiary/aromatic N) is 2. The Labute approximate surface area is 136 Å². The molecule has 6 nitrogen and oxygen atoms in total. The minimum Gasteiger partial charge on any atom is -0.502 e. The molecule has 0 radical (unpaired) electrons. The van der Waals surface area contributed by atoms with Crippen molar-refractivity contribution in [1.29, 1.82) is 0 Å². The zero-order chi connectivity index (χ0) is 16.5. The molecule has 22 heavy (non-hydrogen) atoms. The van der Waals surface area contributed by atoms with E-state index in [1.165, 1.54) is 14.2 Å². The molecule has 1 rings (SSSR count). The van der Waals surface area contributed by atoms with Crippen molar-refractivity contribution in [3.8, 4) is 17.2 Å². The Kier molecular flexibility index (Phi) is 7.45. The molecule has 0 amide bonds. The van der Waals surface area contributed by atoms with Gasteiger partial charge < -0.3 is 19.9 Å². The van der Waals surface area contributed by atoms with Crippen molar-refractivity contribution in [1.82, 2.24) is 10.3 Å². The van der Waals surface area contributed by atoms with Crippen LogP contribution in [0.25, 0.3) is 0 Å². The van der Waals surface area contributed by atoms with E-state index < -0.39 is 0 Å². The summed E-state index contributed by atoms with van der Waals surface area (Å²) in [5, 5.41) is 19.4. The maximum absolute atomic E-state index is 9.86. The lowest BCUT2D eigenvalue weighted by molar-refractivity contribution is 0.340. The zero-order valence-electron chi connectivity index (χ0n) is 13.4. The Morgan fingerprint density at radius 2 is 1.95 bits per heavy atom. The third-order valence-corrected chi connectivity index (χ3v) is 3.39. The van der Waals surface area contributed by atoms with Gasteiger partial charge in [-0.15, -0.1) is 0 Å². The molecule has 0 fully saturated rings. The number of phenols is 1. The van der Waals surface area contributed by atoms with Crippen LogP contribution in [-0.4, -0.2) is 49.3 Å². The summed E-state index contributed by atoms with van der Waals surface area (Å²) in [6.07, 6.45) is 3.79. The average molecular weight is 325 g/mol. The molecule has 0 aliphatic heterocycles. The number of phenolic OH excluding ortho intramolecular Hbond substituents is 1. The summed E-state index contributed by atoms with van der Waals surface area (Å²) < 4.78 is 10.2. The van der Waals surface area contributed by atoms with Crippen molar-refractivity contribution in [2.45, 2.75) is 19.8 Å². The first-order valence-corrected chi connectivity index (χ1v) is 7.44. The van der Waals surface area contributed by atoms with Gasteiger partial charge in [0.25, 0.3) is 0 Å². The fourth-order valence-electron chi connectivity index (χ4n) is 1.68. The van der Waals surface area contributed by atoms with Crippen LogP contribution in [-0.2, 0) is 0 Å². The molecule has 1 aromatic rings. The van der Waals surface area contributed by atoms with E-state index in [4.69, 9.17) is 21.7 Å². The summed E-state index contributed by atoms with van der Waals surface area (Å²) in [5.74, 6) is 0.617. The molecule has 0 saturated carbocycles. The van der Waals surface area contributed by atoms with E-state index in [0.29, 0.717) is 16.6 Å². The number of hydrogen-bond donors (Lipinski definition) is 2. The number of ether oxygens (including phenoxy) is 2. The lowest BCUT2D eigenvalue weighted by Gasteiger charge is -2.15. The van der Waals surface area contributed by atoms with Crippen molar-refractivity contribution < 1.29 is 14.6 Å². The molecule has 122 valence electrons. The van der Waals surface area contributed by atoms with Crippen LogP contribution >= 0.6 is 12.2 Å². The topological polar surface area (TPSA) is 66.3 Å². The lowest BCUT2D eigenvalue weighted by Crippen LogP contribution is -2.34. The van der Waals surface area contributed by atoms with E-state index >= 15 is 0 Å². The first-order valence-electron chi connectivity index (χ1n) is 7.04. The molecule has 0 aliphatic carbocycles. The minimum absolute atomic E-state index is 0.0349. The van der Waals surface area contributed by atoms with Crippen LogP contribution in [0.5, 0.6) is 17.2 Å². The van der Waals surface area contributed by atoms with Crippen LogP contribution in [0.1, 0.15) is 25.3 Å². The smallest absolute Gasteiger partial charge is 0.200 e. The molecule has 1 aromatic carbocycles. The monoisotopic (exact) mass is 325 g/mol. The molecule has 0 aliphatic rings. The molecule has 0 heterocycles. The normalized spacial score (nSPS) is 10.5. The van der Waals surface area contributed by atoms with Crippen LogP contribution in [0.4, 0.5) is 0 Å². The summed E-state index contributed by atoms with van der Waals surface area (Å²) in [6, 6.07) is 3.34. The van der Waals surface area contributed by atoms with Crippen molar-refractivity contribution in [3.63, 3.8) is 0 Å². The lowest BCUT2D eigenvalue weighted by atomic mass is 10.2. The van der Waals surface area contributed by atoms with Crippen LogP contribution in [0.15, 0.2) is 17.2 Å². The van der Waals surface area contributed by atoms with Gasteiger partial charge in [-0.05, 0) is 30.8 Å². The number of methoxy groups -OCH3 is 2. The molecular formula is C15H23N3O3S. The highest BCUT2D eigenvalue weighted by molar-refractivity contribution is 7.80. The Morgan fingerprint density at radius 3 is 2.45 bits per heavy atom. The van der Waals surface area contributed by atoms with E-state index in [-0.39, 0.29) is 5.75 Å². The summed E-state index contributed by atoms with van der Waals surface area (Å²) >= 11 is 5.24. The number of nitrogens with one attached hydrogen (secondary N) is 1. The Morgan fingerprint density at radius 1 is 1.36 bits per heavy atom.